The number of anilines is 1. The van der Waals surface area contributed by atoms with Crippen LogP contribution in [0.2, 0.25) is 0 Å². The van der Waals surface area contributed by atoms with Gasteiger partial charge in [-0.05, 0) is 68.1 Å². The number of ether oxygens (including phenoxy) is 2. The van der Waals surface area contributed by atoms with Crippen LogP contribution in [0.25, 0.3) is 0 Å². The lowest BCUT2D eigenvalue weighted by Crippen LogP contribution is -2.17. The van der Waals surface area contributed by atoms with Crippen LogP contribution in [0.1, 0.15) is 43.8 Å². The van der Waals surface area contributed by atoms with E-state index in [0.717, 1.165) is 40.7 Å². The lowest BCUT2D eigenvalue weighted by atomic mass is 10.1. The van der Waals surface area contributed by atoms with Crippen LogP contribution in [-0.4, -0.2) is 33.5 Å². The van der Waals surface area contributed by atoms with Crippen molar-refractivity contribution in [3.63, 3.8) is 0 Å². The van der Waals surface area contributed by atoms with Gasteiger partial charge in [0.2, 0.25) is 5.91 Å². The van der Waals surface area contributed by atoms with E-state index in [9.17, 15) is 4.79 Å². The molecule has 0 saturated heterocycles. The number of nitrogens with one attached hydrogen (secondary N) is 1. The Morgan fingerprint density at radius 2 is 1.76 bits per heavy atom. The van der Waals surface area contributed by atoms with Gasteiger partial charge in [0.05, 0.1) is 12.9 Å². The summed E-state index contributed by atoms with van der Waals surface area (Å²) in [5, 5.41) is 12.5. The molecule has 8 heteroatoms. The topological polar surface area (TPSA) is 78.3 Å². The van der Waals surface area contributed by atoms with Gasteiger partial charge in [0, 0.05) is 12.2 Å². The van der Waals surface area contributed by atoms with Crippen molar-refractivity contribution < 1.29 is 14.3 Å². The Balaban J connectivity index is 1.70. The molecule has 3 rings (SSSR count). The van der Waals surface area contributed by atoms with Crippen LogP contribution in [0.4, 0.5) is 5.69 Å². The molecule has 33 heavy (non-hydrogen) atoms. The quantitative estimate of drug-likeness (QED) is 0.400. The van der Waals surface area contributed by atoms with E-state index in [-0.39, 0.29) is 17.8 Å². The smallest absolute Gasteiger partial charge is 0.234 e. The number of aryl methyl sites for hydroxylation is 2. The molecule has 0 bridgehead atoms. The number of amides is 1. The minimum atomic E-state index is -0.303. The van der Waals surface area contributed by atoms with Gasteiger partial charge < -0.3 is 19.4 Å². The molecule has 1 heterocycles. The van der Waals surface area contributed by atoms with E-state index in [1.54, 1.807) is 7.11 Å². The summed E-state index contributed by atoms with van der Waals surface area (Å²) in [6.45, 7) is 11.0. The van der Waals surface area contributed by atoms with Gasteiger partial charge in [-0.2, -0.15) is 0 Å². The Morgan fingerprint density at radius 1 is 1.06 bits per heavy atom. The Kier molecular flexibility index (Phi) is 8.38. The normalized spacial score (nSPS) is 12.0. The second-order valence-electron chi connectivity index (χ2n) is 8.44. The second-order valence-corrected chi connectivity index (χ2v) is 9.38. The van der Waals surface area contributed by atoms with Crippen molar-refractivity contribution in [3.05, 3.63) is 59.4 Å². The van der Waals surface area contributed by atoms with E-state index in [1.807, 2.05) is 63.2 Å². The molecule has 0 spiro atoms. The van der Waals surface area contributed by atoms with E-state index in [4.69, 9.17) is 9.47 Å². The maximum atomic E-state index is 12.6. The van der Waals surface area contributed by atoms with Gasteiger partial charge in [-0.1, -0.05) is 37.7 Å². The zero-order chi connectivity index (χ0) is 24.0. The summed E-state index contributed by atoms with van der Waals surface area (Å²) in [6.07, 6.45) is -0.303. The highest BCUT2D eigenvalue weighted by molar-refractivity contribution is 7.99. The van der Waals surface area contributed by atoms with Crippen molar-refractivity contribution in [1.29, 1.82) is 0 Å². The summed E-state index contributed by atoms with van der Waals surface area (Å²) in [6, 6.07) is 13.5. The van der Waals surface area contributed by atoms with Crippen LogP contribution in [0, 0.1) is 19.8 Å². The molecular weight excluding hydrogens is 436 g/mol. The number of hydrogen-bond donors (Lipinski definition) is 1. The number of carbonyl (C=O) groups is 1. The standard InChI is InChI=1S/C25H32N4O3S/c1-16(2)14-29-24(19(5)32-21-11-9-20(31-6)10-12-21)27-28-25(29)33-15-23(30)26-22-13-17(3)7-8-18(22)4/h7-13,16,19H,14-15H2,1-6H3,(H,26,30). The number of hydrogen-bond acceptors (Lipinski definition) is 6. The van der Waals surface area contributed by atoms with Gasteiger partial charge in [0.25, 0.3) is 0 Å². The predicted octanol–water partition coefficient (Wildman–Crippen LogP) is 5.43. The first kappa shape index (κ1) is 24.6. The molecule has 7 nitrogen and oxygen atoms in total. The van der Waals surface area contributed by atoms with Crippen molar-refractivity contribution in [2.24, 2.45) is 5.92 Å². The largest absolute Gasteiger partial charge is 0.497 e. The summed E-state index contributed by atoms with van der Waals surface area (Å²) < 4.78 is 13.4. The SMILES string of the molecule is COc1ccc(OC(C)c2nnc(SCC(=O)Nc3cc(C)ccc3C)n2CC(C)C)cc1. The number of methoxy groups -OCH3 is 1. The van der Waals surface area contributed by atoms with Crippen LogP contribution in [0.15, 0.2) is 47.6 Å². The van der Waals surface area contributed by atoms with Crippen molar-refractivity contribution >= 4 is 23.4 Å². The third-order valence-electron chi connectivity index (χ3n) is 5.03. The molecule has 1 unspecified atom stereocenters. The van der Waals surface area contributed by atoms with Gasteiger partial charge in [-0.15, -0.1) is 10.2 Å². The number of thioether (sulfide) groups is 1. The molecule has 1 aromatic heterocycles. The Labute approximate surface area is 199 Å². The first-order chi connectivity index (χ1) is 15.8. The third-order valence-corrected chi connectivity index (χ3v) is 6.00. The number of carbonyl (C=O) groups excluding carboxylic acids is 1. The Morgan fingerprint density at radius 3 is 2.42 bits per heavy atom. The van der Waals surface area contributed by atoms with Crippen LogP contribution in [0.5, 0.6) is 11.5 Å². The average Bonchev–Trinajstić information content (AvgIpc) is 3.17. The van der Waals surface area contributed by atoms with Crippen LogP contribution < -0.4 is 14.8 Å². The molecule has 1 amide bonds. The monoisotopic (exact) mass is 468 g/mol. The van der Waals surface area contributed by atoms with E-state index in [0.29, 0.717) is 11.1 Å². The fraction of sp³-hybridized carbons (Fsp3) is 0.400. The van der Waals surface area contributed by atoms with Gasteiger partial charge >= 0.3 is 0 Å². The van der Waals surface area contributed by atoms with Gasteiger partial charge in [-0.25, -0.2) is 0 Å². The summed E-state index contributed by atoms with van der Waals surface area (Å²) in [5.74, 6) is 2.79. The minimum absolute atomic E-state index is 0.0723. The average molecular weight is 469 g/mol. The fourth-order valence-electron chi connectivity index (χ4n) is 3.34. The number of nitrogens with zero attached hydrogens (tertiary/aromatic N) is 3. The van der Waals surface area contributed by atoms with E-state index >= 15 is 0 Å². The van der Waals surface area contributed by atoms with Crippen molar-refractivity contribution in [2.75, 3.05) is 18.2 Å². The fourth-order valence-corrected chi connectivity index (χ4v) is 4.10. The zero-order valence-electron chi connectivity index (χ0n) is 20.1. The van der Waals surface area contributed by atoms with Gasteiger partial charge in [-0.3, -0.25) is 4.79 Å². The summed E-state index contributed by atoms with van der Waals surface area (Å²) in [5.41, 5.74) is 2.98. The zero-order valence-corrected chi connectivity index (χ0v) is 20.9. The van der Waals surface area contributed by atoms with Crippen LogP contribution in [-0.2, 0) is 11.3 Å². The Hall–Kier alpha value is -3.00. The number of rotatable bonds is 10. The second kappa shape index (κ2) is 11.2. The van der Waals surface area contributed by atoms with Crippen molar-refractivity contribution in [3.8, 4) is 11.5 Å². The first-order valence-corrected chi connectivity index (χ1v) is 12.0. The third kappa shape index (κ3) is 6.74. The highest BCUT2D eigenvalue weighted by Gasteiger charge is 2.21. The molecule has 0 aliphatic carbocycles. The minimum Gasteiger partial charge on any atom is -0.497 e. The maximum absolute atomic E-state index is 12.6. The van der Waals surface area contributed by atoms with Gasteiger partial charge in [0.1, 0.15) is 11.5 Å². The predicted molar refractivity (Wildman–Crippen MR) is 132 cm³/mol. The summed E-state index contributed by atoms with van der Waals surface area (Å²) in [7, 11) is 1.63. The molecule has 0 aliphatic rings. The lowest BCUT2D eigenvalue weighted by molar-refractivity contribution is -0.113. The molecule has 0 aliphatic heterocycles. The van der Waals surface area contributed by atoms with Crippen LogP contribution in [0.3, 0.4) is 0 Å². The van der Waals surface area contributed by atoms with Crippen molar-refractivity contribution in [2.45, 2.75) is 52.4 Å². The maximum Gasteiger partial charge on any atom is 0.234 e. The van der Waals surface area contributed by atoms with E-state index < -0.39 is 0 Å². The number of aromatic nitrogens is 3. The van der Waals surface area contributed by atoms with E-state index in [2.05, 4.69) is 33.9 Å². The summed E-state index contributed by atoms with van der Waals surface area (Å²) >= 11 is 1.38. The molecule has 1 N–H and O–H groups in total. The molecule has 3 aromatic rings. The molecule has 0 fully saturated rings. The first-order valence-electron chi connectivity index (χ1n) is 11.0. The Bertz CT molecular complexity index is 1080. The molecule has 2 aromatic carbocycles. The molecule has 0 saturated carbocycles. The number of benzene rings is 2. The molecular formula is C25H32N4O3S. The molecule has 0 radical (unpaired) electrons. The molecule has 1 atom stereocenters. The highest BCUT2D eigenvalue weighted by atomic mass is 32.2. The lowest BCUT2D eigenvalue weighted by Gasteiger charge is -2.18. The van der Waals surface area contributed by atoms with Crippen LogP contribution >= 0.6 is 11.8 Å². The van der Waals surface area contributed by atoms with Crippen molar-refractivity contribution in [1.82, 2.24) is 14.8 Å². The highest BCUT2D eigenvalue weighted by Crippen LogP contribution is 2.27. The summed E-state index contributed by atoms with van der Waals surface area (Å²) in [4.78, 5) is 12.6. The van der Waals surface area contributed by atoms with E-state index in [1.165, 1.54) is 11.8 Å². The molecule has 176 valence electrons. The van der Waals surface area contributed by atoms with Gasteiger partial charge in [0.15, 0.2) is 17.1 Å².